The number of aromatic nitrogens is 2. The Bertz CT molecular complexity index is 634. The number of nitrogens with zero attached hydrogens (tertiary/aromatic N) is 3. The van der Waals surface area contributed by atoms with E-state index in [2.05, 4.69) is 44.8 Å². The van der Waals surface area contributed by atoms with Crippen molar-refractivity contribution in [3.05, 3.63) is 44.1 Å². The molecule has 2 aromatic rings. The number of hydrogen-bond acceptors (Lipinski definition) is 5. The van der Waals surface area contributed by atoms with Gasteiger partial charge in [-0.1, -0.05) is 19.1 Å². The molecule has 0 saturated heterocycles. The van der Waals surface area contributed by atoms with E-state index in [-0.39, 0.29) is 5.69 Å². The van der Waals surface area contributed by atoms with E-state index in [1.54, 1.807) is 24.4 Å². The number of anilines is 1. The van der Waals surface area contributed by atoms with Crippen molar-refractivity contribution >= 4 is 34.1 Å². The number of benzene rings is 1. The molecule has 1 aromatic heterocycles. The molecule has 7 heteroatoms. The maximum Gasteiger partial charge on any atom is 0.280 e. The van der Waals surface area contributed by atoms with E-state index in [0.717, 1.165) is 16.5 Å². The molecule has 0 unspecified atom stereocenters. The third kappa shape index (κ3) is 3.21. The minimum atomic E-state index is -0.421. The van der Waals surface area contributed by atoms with Gasteiger partial charge in [-0.15, -0.1) is 0 Å². The molecule has 1 aromatic carbocycles. The molecule has 0 amide bonds. The van der Waals surface area contributed by atoms with Crippen LogP contribution in [0, 0.1) is 13.7 Å². The lowest BCUT2D eigenvalue weighted by atomic mass is 10.1. The first-order chi connectivity index (χ1) is 9.63. The van der Waals surface area contributed by atoms with Crippen LogP contribution < -0.4 is 5.32 Å². The van der Waals surface area contributed by atoms with Crippen LogP contribution >= 0.6 is 22.6 Å². The second-order valence-electron chi connectivity index (χ2n) is 4.09. The third-order valence-corrected chi connectivity index (χ3v) is 3.42. The molecule has 0 bridgehead atoms. The lowest BCUT2D eigenvalue weighted by Crippen LogP contribution is -2.06. The average molecular weight is 384 g/mol. The quantitative estimate of drug-likeness (QED) is 0.485. The van der Waals surface area contributed by atoms with Crippen LogP contribution in [0.15, 0.2) is 30.5 Å². The molecule has 1 heterocycles. The average Bonchev–Trinajstić information content (AvgIpc) is 2.46. The van der Waals surface area contributed by atoms with Crippen molar-refractivity contribution < 1.29 is 4.92 Å². The summed E-state index contributed by atoms with van der Waals surface area (Å²) in [6.45, 7) is 2.85. The predicted octanol–water partition coefficient (Wildman–Crippen LogP) is 3.48. The number of nitrogens with one attached hydrogen (secondary N) is 1. The van der Waals surface area contributed by atoms with Gasteiger partial charge in [0.25, 0.3) is 5.69 Å². The molecule has 20 heavy (non-hydrogen) atoms. The van der Waals surface area contributed by atoms with Gasteiger partial charge in [0.2, 0.25) is 0 Å². The molecule has 2 rings (SSSR count). The van der Waals surface area contributed by atoms with Gasteiger partial charge in [-0.2, -0.15) is 0 Å². The summed E-state index contributed by atoms with van der Waals surface area (Å²) in [5.74, 6) is 1.06. The normalized spacial score (nSPS) is 10.3. The fraction of sp³-hybridized carbons (Fsp3) is 0.231. The van der Waals surface area contributed by atoms with Gasteiger partial charge in [0, 0.05) is 18.8 Å². The second kappa shape index (κ2) is 6.60. The topological polar surface area (TPSA) is 81.0 Å². The van der Waals surface area contributed by atoms with Crippen LogP contribution in [0.25, 0.3) is 11.4 Å². The fourth-order valence-corrected chi connectivity index (χ4v) is 2.14. The minimum absolute atomic E-state index is 0.00940. The molecule has 0 aliphatic carbocycles. The summed E-state index contributed by atoms with van der Waals surface area (Å²) in [6, 6.07) is 6.48. The van der Waals surface area contributed by atoms with Crippen LogP contribution in [-0.2, 0) is 0 Å². The minimum Gasteiger partial charge on any atom is -0.369 e. The van der Waals surface area contributed by atoms with Gasteiger partial charge in [-0.05, 0) is 35.1 Å². The number of rotatable bonds is 5. The van der Waals surface area contributed by atoms with Gasteiger partial charge < -0.3 is 5.32 Å². The van der Waals surface area contributed by atoms with Gasteiger partial charge in [-0.25, -0.2) is 9.97 Å². The van der Waals surface area contributed by atoms with E-state index >= 15 is 0 Å². The van der Waals surface area contributed by atoms with Gasteiger partial charge in [0.1, 0.15) is 5.82 Å². The van der Waals surface area contributed by atoms with E-state index in [1.165, 1.54) is 6.07 Å². The summed E-state index contributed by atoms with van der Waals surface area (Å²) in [5.41, 5.74) is 0.434. The predicted molar refractivity (Wildman–Crippen MR) is 85.6 cm³/mol. The first-order valence-electron chi connectivity index (χ1n) is 6.13. The van der Waals surface area contributed by atoms with Crippen LogP contribution in [0.4, 0.5) is 11.5 Å². The van der Waals surface area contributed by atoms with Crippen molar-refractivity contribution in [2.24, 2.45) is 0 Å². The van der Waals surface area contributed by atoms with E-state index in [4.69, 9.17) is 0 Å². The van der Waals surface area contributed by atoms with Crippen LogP contribution in [0.1, 0.15) is 13.3 Å². The molecule has 0 spiro atoms. The smallest absolute Gasteiger partial charge is 0.280 e. The van der Waals surface area contributed by atoms with E-state index in [1.807, 2.05) is 0 Å². The maximum absolute atomic E-state index is 11.1. The highest BCUT2D eigenvalue weighted by Gasteiger charge is 2.17. The molecule has 0 radical (unpaired) electrons. The molecule has 0 fully saturated rings. The van der Waals surface area contributed by atoms with Crippen LogP contribution in [0.5, 0.6) is 0 Å². The first-order valence-corrected chi connectivity index (χ1v) is 7.21. The Morgan fingerprint density at radius 2 is 2.15 bits per heavy atom. The lowest BCUT2D eigenvalue weighted by molar-refractivity contribution is -0.384. The Morgan fingerprint density at radius 3 is 2.85 bits per heavy atom. The number of halogens is 1. The van der Waals surface area contributed by atoms with Crippen molar-refractivity contribution in [3.63, 3.8) is 0 Å². The summed E-state index contributed by atoms with van der Waals surface area (Å²) in [7, 11) is 0. The number of nitro benzene ring substituents is 1. The first kappa shape index (κ1) is 14.6. The zero-order chi connectivity index (χ0) is 14.5. The Hall–Kier alpha value is -1.77. The van der Waals surface area contributed by atoms with Gasteiger partial charge in [-0.3, -0.25) is 10.1 Å². The molecule has 1 N–H and O–H groups in total. The van der Waals surface area contributed by atoms with E-state index < -0.39 is 4.92 Å². The Morgan fingerprint density at radius 1 is 1.40 bits per heavy atom. The molecule has 0 atom stereocenters. The van der Waals surface area contributed by atoms with Gasteiger partial charge in [0.05, 0.1) is 14.1 Å². The maximum atomic E-state index is 11.1. The summed E-state index contributed by atoms with van der Waals surface area (Å²) < 4.78 is 0.887. The van der Waals surface area contributed by atoms with Crippen molar-refractivity contribution in [1.82, 2.24) is 9.97 Å². The molecule has 0 saturated carbocycles. The van der Waals surface area contributed by atoms with E-state index in [9.17, 15) is 10.1 Å². The highest BCUT2D eigenvalue weighted by molar-refractivity contribution is 14.1. The fourth-order valence-electron chi connectivity index (χ4n) is 1.69. The van der Waals surface area contributed by atoms with Crippen molar-refractivity contribution in [1.29, 1.82) is 0 Å². The monoisotopic (exact) mass is 384 g/mol. The van der Waals surface area contributed by atoms with Crippen LogP contribution in [0.2, 0.25) is 0 Å². The van der Waals surface area contributed by atoms with Gasteiger partial charge in [0.15, 0.2) is 5.82 Å². The number of para-hydroxylation sites is 1. The van der Waals surface area contributed by atoms with Crippen molar-refractivity contribution in [2.75, 3.05) is 11.9 Å². The Balaban J connectivity index is 2.45. The summed E-state index contributed by atoms with van der Waals surface area (Å²) in [5, 5.41) is 14.2. The molecule has 0 aliphatic rings. The molecule has 6 nitrogen and oxygen atoms in total. The molecular formula is C13H13IN4O2. The SMILES string of the molecule is CCCNc1nc(-c2ccccc2[N+](=O)[O-])ncc1I. The van der Waals surface area contributed by atoms with Crippen molar-refractivity contribution in [2.45, 2.75) is 13.3 Å². The van der Waals surface area contributed by atoms with Crippen molar-refractivity contribution in [3.8, 4) is 11.4 Å². The Kier molecular flexibility index (Phi) is 4.83. The summed E-state index contributed by atoms with van der Waals surface area (Å²) in [6.07, 6.45) is 2.64. The second-order valence-corrected chi connectivity index (χ2v) is 5.25. The summed E-state index contributed by atoms with van der Waals surface area (Å²) >= 11 is 2.14. The van der Waals surface area contributed by atoms with Gasteiger partial charge >= 0.3 is 0 Å². The molecular weight excluding hydrogens is 371 g/mol. The highest BCUT2D eigenvalue weighted by Crippen LogP contribution is 2.28. The number of nitro groups is 1. The molecule has 104 valence electrons. The molecule has 0 aliphatic heterocycles. The zero-order valence-electron chi connectivity index (χ0n) is 10.8. The third-order valence-electron chi connectivity index (χ3n) is 2.63. The highest BCUT2D eigenvalue weighted by atomic mass is 127. The Labute approximate surface area is 129 Å². The largest absolute Gasteiger partial charge is 0.369 e. The van der Waals surface area contributed by atoms with Crippen LogP contribution in [0.3, 0.4) is 0 Å². The standard InChI is InChI=1S/C13H13IN4O2/c1-2-7-15-13-10(14)8-16-12(17-13)9-5-3-4-6-11(9)18(19)20/h3-6,8H,2,7H2,1H3,(H,15,16,17). The zero-order valence-corrected chi connectivity index (χ0v) is 13.0. The lowest BCUT2D eigenvalue weighted by Gasteiger charge is -2.08. The van der Waals surface area contributed by atoms with Crippen LogP contribution in [-0.4, -0.2) is 21.4 Å². The number of hydrogen-bond donors (Lipinski definition) is 1. The van der Waals surface area contributed by atoms with E-state index in [0.29, 0.717) is 17.2 Å². The summed E-state index contributed by atoms with van der Waals surface area (Å²) in [4.78, 5) is 19.2.